The molecule has 0 saturated carbocycles. The fourth-order valence-electron chi connectivity index (χ4n) is 7.04. The molecule has 6 amide bonds. The molecule has 3 heterocycles. The molecule has 20 nitrogen and oxygen atoms in total. The molecule has 2 aliphatic rings. The Morgan fingerprint density at radius 3 is 2.31 bits per heavy atom. The van der Waals surface area contributed by atoms with Crippen LogP contribution in [0, 0.1) is 11.8 Å². The van der Waals surface area contributed by atoms with Crippen LogP contribution in [-0.2, 0) is 57.7 Å². The topological polar surface area (TPSA) is 275 Å². The predicted molar refractivity (Wildman–Crippen MR) is 209 cm³/mol. The molecule has 20 heteroatoms. The number of amides is 6. The lowest BCUT2D eigenvalue weighted by atomic mass is 9.98. The van der Waals surface area contributed by atoms with Crippen molar-refractivity contribution in [1.29, 1.82) is 0 Å². The number of hydrogen-bond acceptors (Lipinski definition) is 12. The average Bonchev–Trinajstić information content (AvgIpc) is 3.89. The van der Waals surface area contributed by atoms with E-state index in [0.29, 0.717) is 51.0 Å². The van der Waals surface area contributed by atoms with E-state index in [0.717, 1.165) is 11.1 Å². The maximum absolute atomic E-state index is 14.5. The lowest BCUT2D eigenvalue weighted by Crippen LogP contribution is -2.59. The minimum absolute atomic E-state index is 0.0341. The third kappa shape index (κ3) is 13.0. The number of hydrogen-bond donors (Lipinski definition) is 6. The Morgan fingerprint density at radius 1 is 0.949 bits per heavy atom. The van der Waals surface area contributed by atoms with Gasteiger partial charge in [-0.15, -0.1) is 10.2 Å². The molecular weight excluding hydrogens is 768 g/mol. The Hall–Kier alpha value is -5.95. The van der Waals surface area contributed by atoms with Gasteiger partial charge in [-0.3, -0.25) is 33.6 Å². The summed E-state index contributed by atoms with van der Waals surface area (Å²) in [4.78, 5) is 108. The van der Waals surface area contributed by atoms with Crippen LogP contribution >= 0.6 is 0 Å². The van der Waals surface area contributed by atoms with Crippen molar-refractivity contribution in [2.24, 2.45) is 11.8 Å². The van der Waals surface area contributed by atoms with Crippen molar-refractivity contribution < 1.29 is 48.2 Å². The molecular formula is C39H56N10O10. The Morgan fingerprint density at radius 2 is 1.66 bits per heavy atom. The smallest absolute Gasteiger partial charge is 0.410 e. The number of nitrogens with zero attached hydrogens (tertiary/aromatic N) is 5. The molecule has 0 radical (unpaired) electrons. The lowest BCUT2D eigenvalue weighted by molar-refractivity contribution is -0.145. The second kappa shape index (κ2) is 21.7. The number of carboxylic acid groups (broad SMARTS) is 1. The van der Waals surface area contributed by atoms with Crippen LogP contribution in [0.15, 0.2) is 24.3 Å². The Bertz CT molecular complexity index is 1820. The number of carbonyl (C=O) groups excluding carboxylic acids is 7. The number of likely N-dealkylation sites (tertiary alicyclic amines) is 1. The number of nitrogens with one attached hydrogen (secondary N) is 5. The summed E-state index contributed by atoms with van der Waals surface area (Å²) >= 11 is 0. The van der Waals surface area contributed by atoms with Crippen LogP contribution in [0.1, 0.15) is 90.1 Å². The first-order valence-corrected chi connectivity index (χ1v) is 20.1. The zero-order valence-electron chi connectivity index (χ0n) is 34.2. The molecule has 1 aromatic heterocycles. The number of ketones is 1. The number of unbranched alkanes of at least 4 members (excludes halogenated alkanes) is 1. The van der Waals surface area contributed by atoms with Gasteiger partial charge >= 0.3 is 12.1 Å². The van der Waals surface area contributed by atoms with Gasteiger partial charge in [0, 0.05) is 32.4 Å². The van der Waals surface area contributed by atoms with Crippen molar-refractivity contribution in [2.75, 3.05) is 19.6 Å². The van der Waals surface area contributed by atoms with Gasteiger partial charge in [-0.05, 0) is 48.6 Å². The summed E-state index contributed by atoms with van der Waals surface area (Å²) < 4.78 is 5.90. The number of carbonyl (C=O) groups is 8. The highest BCUT2D eigenvalue weighted by Crippen LogP contribution is 2.26. The highest BCUT2D eigenvalue weighted by atomic mass is 16.6. The van der Waals surface area contributed by atoms with E-state index in [1.54, 1.807) is 39.5 Å². The molecule has 59 heavy (non-hydrogen) atoms. The Labute approximate surface area is 342 Å². The summed E-state index contributed by atoms with van der Waals surface area (Å²) in [5.41, 5.74) is 2.10. The number of carboxylic acids is 1. The van der Waals surface area contributed by atoms with Gasteiger partial charge in [-0.1, -0.05) is 70.5 Å². The van der Waals surface area contributed by atoms with Gasteiger partial charge in [0.05, 0.1) is 12.6 Å². The summed E-state index contributed by atoms with van der Waals surface area (Å²) in [6, 6.07) is 2.92. The molecule has 322 valence electrons. The van der Waals surface area contributed by atoms with E-state index >= 15 is 0 Å². The van der Waals surface area contributed by atoms with Gasteiger partial charge in [0.2, 0.25) is 29.4 Å². The van der Waals surface area contributed by atoms with Crippen molar-refractivity contribution in [2.45, 2.75) is 123 Å². The highest BCUT2D eigenvalue weighted by Gasteiger charge is 2.46. The van der Waals surface area contributed by atoms with Gasteiger partial charge in [-0.2, -0.15) is 5.21 Å². The van der Waals surface area contributed by atoms with Crippen molar-refractivity contribution >= 4 is 47.4 Å². The number of Topliss-reactive ketones (excluding diaryl/α,β-unsaturated/α-hetero) is 1. The minimum Gasteiger partial charge on any atom is -0.480 e. The minimum atomic E-state index is -1.36. The zero-order valence-corrected chi connectivity index (χ0v) is 34.2. The molecule has 1 saturated heterocycles. The van der Waals surface area contributed by atoms with E-state index in [2.05, 4.69) is 36.6 Å². The second-order valence-corrected chi connectivity index (χ2v) is 15.5. The monoisotopic (exact) mass is 824 g/mol. The van der Waals surface area contributed by atoms with E-state index in [9.17, 15) is 38.4 Å². The third-order valence-electron chi connectivity index (χ3n) is 10.3. The first-order chi connectivity index (χ1) is 28.1. The molecule has 0 bridgehead atoms. The maximum atomic E-state index is 14.5. The number of aromatic amines is 1. The molecule has 1 fully saturated rings. The van der Waals surface area contributed by atoms with Crippen LogP contribution in [0.2, 0.25) is 0 Å². The number of aryl methyl sites for hydroxylation is 1. The summed E-state index contributed by atoms with van der Waals surface area (Å²) in [7, 11) is 0. The number of tetrazole rings is 1. The predicted octanol–water partition coefficient (Wildman–Crippen LogP) is 0.413. The van der Waals surface area contributed by atoms with E-state index in [4.69, 9.17) is 9.84 Å². The van der Waals surface area contributed by atoms with Crippen LogP contribution in [0.25, 0.3) is 0 Å². The summed E-state index contributed by atoms with van der Waals surface area (Å²) in [6.45, 7) is 8.34. The van der Waals surface area contributed by atoms with Crippen LogP contribution in [0.5, 0.6) is 0 Å². The van der Waals surface area contributed by atoms with E-state index < -0.39 is 84.2 Å². The summed E-state index contributed by atoms with van der Waals surface area (Å²) in [5, 5.41) is 32.8. The van der Waals surface area contributed by atoms with E-state index in [-0.39, 0.29) is 37.6 Å². The van der Waals surface area contributed by atoms with E-state index in [1.165, 1.54) is 4.90 Å². The first kappa shape index (κ1) is 45.7. The van der Waals surface area contributed by atoms with Crippen molar-refractivity contribution in [3.05, 3.63) is 41.2 Å². The summed E-state index contributed by atoms with van der Waals surface area (Å²) in [5.74, 6) is -6.39. The molecule has 1 aromatic carbocycles. The van der Waals surface area contributed by atoms with Gasteiger partial charge < -0.3 is 40.9 Å². The third-order valence-corrected chi connectivity index (χ3v) is 10.3. The van der Waals surface area contributed by atoms with Crippen LogP contribution < -0.4 is 21.3 Å². The molecule has 5 atom stereocenters. The van der Waals surface area contributed by atoms with Crippen LogP contribution in [0.4, 0.5) is 4.79 Å². The molecule has 1 unspecified atom stereocenters. The number of aliphatic carboxylic acids is 1. The standard InChI is InChI=1S/C39H56N10O10/c1-6-11-27(34(53)37(56)40-19-31(51)52)41-35(54)28-18-26(59-39(58)48-17-16-24-12-7-8-13-25(24)20-48)21-49(28)38(57)33(23(4)5)43-36(55)32(22(2)3)42-30(50)15-10-9-14-29-44-46-47-45-29/h7-8,12-13,22-23,26-28,32-33H,6,9-11,14-21H2,1-5H3,(H,40,56)(H,41,54)(H,42,50)(H,43,55)(H,51,52)(H,44,45,46,47)/t26-,27?,28+,32+,33+/m1/s1. The Kier molecular flexibility index (Phi) is 16.8. The number of ether oxygens (including phenoxy) is 1. The molecule has 0 spiro atoms. The average molecular weight is 825 g/mol. The first-order valence-electron chi connectivity index (χ1n) is 20.1. The lowest BCUT2D eigenvalue weighted by Gasteiger charge is -2.32. The van der Waals surface area contributed by atoms with Crippen molar-refractivity contribution in [1.82, 2.24) is 51.7 Å². The van der Waals surface area contributed by atoms with E-state index in [1.807, 2.05) is 29.6 Å². The fourth-order valence-corrected chi connectivity index (χ4v) is 7.04. The molecule has 2 aromatic rings. The molecule has 0 aliphatic carbocycles. The largest absolute Gasteiger partial charge is 0.480 e. The maximum Gasteiger partial charge on any atom is 0.410 e. The number of aromatic nitrogens is 4. The summed E-state index contributed by atoms with van der Waals surface area (Å²) in [6.07, 6.45) is 1.07. The van der Waals surface area contributed by atoms with Crippen molar-refractivity contribution in [3.8, 4) is 0 Å². The number of benzene rings is 1. The number of rotatable bonds is 20. The highest BCUT2D eigenvalue weighted by molar-refractivity contribution is 6.38. The molecule has 6 N–H and O–H groups in total. The fraction of sp³-hybridized carbons (Fsp3) is 0.615. The van der Waals surface area contributed by atoms with Gasteiger partial charge in [-0.25, -0.2) is 4.79 Å². The number of fused-ring (bicyclic) bond motifs is 1. The van der Waals surface area contributed by atoms with Crippen molar-refractivity contribution in [3.63, 3.8) is 0 Å². The normalized spacial score (nSPS) is 17.7. The SMILES string of the molecule is CCCC(NC(=O)[C@@H]1C[C@@H](OC(=O)N2CCc3ccccc3C2)CN1C(=O)[C@@H](NC(=O)[C@@H](NC(=O)CCCCc1nn[nH]n1)C(C)C)C(C)C)C(=O)C(=O)NCC(=O)O. The van der Waals surface area contributed by atoms with Gasteiger partial charge in [0.15, 0.2) is 5.82 Å². The van der Waals surface area contributed by atoms with Gasteiger partial charge in [0.25, 0.3) is 5.91 Å². The van der Waals surface area contributed by atoms with Crippen LogP contribution in [-0.4, -0.2) is 133 Å². The second-order valence-electron chi connectivity index (χ2n) is 15.5. The van der Waals surface area contributed by atoms with Gasteiger partial charge in [0.1, 0.15) is 30.8 Å². The molecule has 2 aliphatic heterocycles. The molecule has 4 rings (SSSR count). The quantitative estimate of drug-likeness (QED) is 0.0781. The number of H-pyrrole nitrogens is 1. The Balaban J connectivity index is 1.50. The zero-order chi connectivity index (χ0) is 43.2. The van der Waals surface area contributed by atoms with Crippen LogP contribution in [0.3, 0.4) is 0 Å².